The minimum absolute atomic E-state index is 0.0103. The topological polar surface area (TPSA) is 29.5 Å². The molecular formula is C12H11F2NO2. The van der Waals surface area contributed by atoms with Gasteiger partial charge >= 0.3 is 6.61 Å². The summed E-state index contributed by atoms with van der Waals surface area (Å²) in [5.74, 6) is 2.08. The van der Waals surface area contributed by atoms with Crippen LogP contribution in [0.3, 0.4) is 0 Å². The van der Waals surface area contributed by atoms with Crippen molar-refractivity contribution in [1.82, 2.24) is 4.90 Å². The molecule has 17 heavy (non-hydrogen) atoms. The van der Waals surface area contributed by atoms with Crippen molar-refractivity contribution in [2.24, 2.45) is 0 Å². The Bertz CT molecular complexity index is 423. The maximum absolute atomic E-state index is 11.9. The predicted molar refractivity (Wildman–Crippen MR) is 58.9 cm³/mol. The first-order valence-corrected chi connectivity index (χ1v) is 4.78. The van der Waals surface area contributed by atoms with Crippen molar-refractivity contribution in [2.75, 3.05) is 13.6 Å². The lowest BCUT2D eigenvalue weighted by Gasteiger charge is -2.14. The molecule has 0 heterocycles. The van der Waals surface area contributed by atoms with Gasteiger partial charge in [0.05, 0.1) is 6.54 Å². The number of carbonyl (C=O) groups is 1. The quantitative estimate of drug-likeness (QED) is 0.752. The number of amides is 1. The second kappa shape index (κ2) is 5.85. The predicted octanol–water partition coefficient (Wildman–Crippen LogP) is 1.99. The van der Waals surface area contributed by atoms with Crippen LogP contribution in [0.2, 0.25) is 0 Å². The average molecular weight is 239 g/mol. The average Bonchev–Trinajstić information content (AvgIpc) is 2.28. The van der Waals surface area contributed by atoms with Gasteiger partial charge in [0.2, 0.25) is 0 Å². The van der Waals surface area contributed by atoms with E-state index < -0.39 is 6.61 Å². The van der Waals surface area contributed by atoms with Gasteiger partial charge in [-0.25, -0.2) is 0 Å². The van der Waals surface area contributed by atoms with Crippen LogP contribution >= 0.6 is 0 Å². The molecule has 1 aromatic carbocycles. The van der Waals surface area contributed by atoms with Gasteiger partial charge in [0, 0.05) is 12.6 Å². The molecule has 1 aromatic rings. The fraction of sp³-hybridized carbons (Fsp3) is 0.250. The smallest absolute Gasteiger partial charge is 0.387 e. The largest absolute Gasteiger partial charge is 0.435 e. The Morgan fingerprint density at radius 3 is 2.53 bits per heavy atom. The number of rotatable bonds is 4. The maximum Gasteiger partial charge on any atom is 0.387 e. The lowest BCUT2D eigenvalue weighted by Crippen LogP contribution is -2.26. The van der Waals surface area contributed by atoms with E-state index in [1.165, 1.54) is 29.2 Å². The summed E-state index contributed by atoms with van der Waals surface area (Å²) in [7, 11) is 1.56. The monoisotopic (exact) mass is 239 g/mol. The lowest BCUT2D eigenvalue weighted by molar-refractivity contribution is -0.0498. The number of alkyl halides is 2. The number of hydrogen-bond acceptors (Lipinski definition) is 2. The first kappa shape index (κ1) is 13.0. The third-order valence-corrected chi connectivity index (χ3v) is 2.00. The minimum atomic E-state index is -2.87. The Balaban J connectivity index is 2.74. The molecule has 1 rings (SSSR count). The van der Waals surface area contributed by atoms with Crippen molar-refractivity contribution in [3.8, 4) is 18.1 Å². The zero-order valence-corrected chi connectivity index (χ0v) is 9.19. The highest BCUT2D eigenvalue weighted by atomic mass is 19.3. The molecule has 0 saturated carbocycles. The van der Waals surface area contributed by atoms with Gasteiger partial charge in [0.1, 0.15) is 5.75 Å². The number of halogens is 2. The summed E-state index contributed by atoms with van der Waals surface area (Å²) in [6.45, 7) is -2.69. The third kappa shape index (κ3) is 3.76. The summed E-state index contributed by atoms with van der Waals surface area (Å²) < 4.78 is 27.9. The Hall–Kier alpha value is -2.09. The number of benzene rings is 1. The van der Waals surface area contributed by atoms with E-state index in [0.29, 0.717) is 5.56 Å². The van der Waals surface area contributed by atoms with Crippen LogP contribution in [-0.4, -0.2) is 31.0 Å². The van der Waals surface area contributed by atoms with Gasteiger partial charge in [-0.2, -0.15) is 8.78 Å². The molecule has 0 fully saturated rings. The van der Waals surface area contributed by atoms with Crippen LogP contribution in [0.4, 0.5) is 8.78 Å². The molecule has 0 aliphatic heterocycles. The highest BCUT2D eigenvalue weighted by Crippen LogP contribution is 2.15. The molecule has 1 amide bonds. The number of hydrogen-bond donors (Lipinski definition) is 0. The molecule has 0 spiro atoms. The van der Waals surface area contributed by atoms with E-state index in [2.05, 4.69) is 10.7 Å². The van der Waals surface area contributed by atoms with Crippen molar-refractivity contribution >= 4 is 5.91 Å². The molecule has 0 N–H and O–H groups in total. The maximum atomic E-state index is 11.9. The van der Waals surface area contributed by atoms with Gasteiger partial charge in [-0.15, -0.1) is 6.42 Å². The van der Waals surface area contributed by atoms with Crippen LogP contribution < -0.4 is 4.74 Å². The van der Waals surface area contributed by atoms with Crippen LogP contribution in [0.5, 0.6) is 5.75 Å². The molecule has 0 atom stereocenters. The molecule has 0 unspecified atom stereocenters. The normalized spacial score (nSPS) is 9.82. The first-order valence-electron chi connectivity index (χ1n) is 4.78. The van der Waals surface area contributed by atoms with Crippen molar-refractivity contribution in [3.05, 3.63) is 29.8 Å². The molecule has 5 heteroatoms. The highest BCUT2D eigenvalue weighted by molar-refractivity contribution is 5.94. The van der Waals surface area contributed by atoms with Crippen molar-refractivity contribution in [3.63, 3.8) is 0 Å². The van der Waals surface area contributed by atoms with Crippen molar-refractivity contribution < 1.29 is 18.3 Å². The summed E-state index contributed by atoms with van der Waals surface area (Å²) in [6.07, 6.45) is 5.08. The molecule has 0 bridgehead atoms. The van der Waals surface area contributed by atoms with Crippen LogP contribution in [0.25, 0.3) is 0 Å². The van der Waals surface area contributed by atoms with E-state index in [4.69, 9.17) is 6.42 Å². The van der Waals surface area contributed by atoms with Gasteiger partial charge in [-0.1, -0.05) is 5.92 Å². The number of nitrogens with zero attached hydrogens (tertiary/aromatic N) is 1. The van der Waals surface area contributed by atoms with Crippen LogP contribution in [0.15, 0.2) is 24.3 Å². The summed E-state index contributed by atoms with van der Waals surface area (Å²) in [6, 6.07) is 5.44. The van der Waals surface area contributed by atoms with E-state index in [0.717, 1.165) is 0 Å². The lowest BCUT2D eigenvalue weighted by atomic mass is 10.2. The Morgan fingerprint density at radius 2 is 2.06 bits per heavy atom. The van der Waals surface area contributed by atoms with Crippen LogP contribution in [0.1, 0.15) is 10.4 Å². The molecule has 0 radical (unpaired) electrons. The molecular weight excluding hydrogens is 228 g/mol. The van der Waals surface area contributed by atoms with Gasteiger partial charge in [0.15, 0.2) is 0 Å². The highest BCUT2D eigenvalue weighted by Gasteiger charge is 2.11. The van der Waals surface area contributed by atoms with E-state index in [-0.39, 0.29) is 18.2 Å². The Kier molecular flexibility index (Phi) is 4.46. The van der Waals surface area contributed by atoms with E-state index >= 15 is 0 Å². The standard InChI is InChI=1S/C12H11F2NO2/c1-3-8-15(2)11(16)9-4-6-10(7-5-9)17-12(13)14/h1,4-7,12H,8H2,2H3. The van der Waals surface area contributed by atoms with Gasteiger partial charge in [-0.05, 0) is 24.3 Å². The molecule has 0 aliphatic carbocycles. The molecule has 0 saturated heterocycles. The Morgan fingerprint density at radius 1 is 1.47 bits per heavy atom. The third-order valence-electron chi connectivity index (χ3n) is 2.00. The molecule has 90 valence electrons. The number of terminal acetylenes is 1. The first-order chi connectivity index (χ1) is 8.04. The molecule has 0 aliphatic rings. The fourth-order valence-electron chi connectivity index (χ4n) is 1.21. The van der Waals surface area contributed by atoms with Gasteiger partial charge in [0.25, 0.3) is 5.91 Å². The second-order valence-electron chi connectivity index (χ2n) is 3.27. The summed E-state index contributed by atoms with van der Waals surface area (Å²) in [4.78, 5) is 13.1. The fourth-order valence-corrected chi connectivity index (χ4v) is 1.21. The number of ether oxygens (including phenoxy) is 1. The number of carbonyl (C=O) groups excluding carboxylic acids is 1. The van der Waals surface area contributed by atoms with Crippen LogP contribution in [0, 0.1) is 12.3 Å². The van der Waals surface area contributed by atoms with Gasteiger partial charge in [-0.3, -0.25) is 4.79 Å². The second-order valence-corrected chi connectivity index (χ2v) is 3.27. The van der Waals surface area contributed by atoms with Crippen molar-refractivity contribution in [2.45, 2.75) is 6.61 Å². The van der Waals surface area contributed by atoms with Gasteiger partial charge < -0.3 is 9.64 Å². The van der Waals surface area contributed by atoms with E-state index in [9.17, 15) is 13.6 Å². The zero-order chi connectivity index (χ0) is 12.8. The van der Waals surface area contributed by atoms with E-state index in [1.807, 2.05) is 0 Å². The zero-order valence-electron chi connectivity index (χ0n) is 9.19. The van der Waals surface area contributed by atoms with E-state index in [1.54, 1.807) is 7.05 Å². The summed E-state index contributed by atoms with van der Waals surface area (Å²) >= 11 is 0. The SMILES string of the molecule is C#CCN(C)C(=O)c1ccc(OC(F)F)cc1. The summed E-state index contributed by atoms with van der Waals surface area (Å²) in [5.41, 5.74) is 0.365. The minimum Gasteiger partial charge on any atom is -0.435 e. The van der Waals surface area contributed by atoms with Crippen molar-refractivity contribution in [1.29, 1.82) is 0 Å². The van der Waals surface area contributed by atoms with Crippen LogP contribution in [-0.2, 0) is 0 Å². The molecule has 3 nitrogen and oxygen atoms in total. The summed E-state index contributed by atoms with van der Waals surface area (Å²) in [5, 5.41) is 0. The molecule has 0 aromatic heterocycles. The Labute approximate surface area is 98.0 Å².